The van der Waals surface area contributed by atoms with Crippen LogP contribution < -0.4 is 4.72 Å². The van der Waals surface area contributed by atoms with Crippen LogP contribution in [0.2, 0.25) is 4.47 Å². The first-order valence-corrected chi connectivity index (χ1v) is 8.28. The molecule has 0 aromatic carbocycles. The van der Waals surface area contributed by atoms with E-state index in [4.69, 9.17) is 16.7 Å². The topological polar surface area (TPSA) is 79.3 Å². The summed E-state index contributed by atoms with van der Waals surface area (Å²) in [4.78, 5) is 3.88. The van der Waals surface area contributed by atoms with E-state index >= 15 is 0 Å². The molecular weight excluding hydrogens is 296 g/mol. The molecular formula is C10H17ClN2O3S2. The maximum Gasteiger partial charge on any atom is 0.251 e. The molecule has 0 aliphatic carbocycles. The summed E-state index contributed by atoms with van der Waals surface area (Å²) >= 11 is 6.63. The first-order valence-electron chi connectivity index (χ1n) is 5.60. The summed E-state index contributed by atoms with van der Waals surface area (Å²) in [5.74, 6) is 0.189. The molecule has 0 spiro atoms. The number of aryl methyl sites for hydroxylation is 1. The van der Waals surface area contributed by atoms with Crippen molar-refractivity contribution in [3.8, 4) is 0 Å². The number of nitrogens with zero attached hydrogens (tertiary/aromatic N) is 1. The molecule has 0 aliphatic rings. The van der Waals surface area contributed by atoms with Gasteiger partial charge < -0.3 is 5.11 Å². The zero-order chi connectivity index (χ0) is 13.8. The number of sulfonamides is 1. The third kappa shape index (κ3) is 4.47. The van der Waals surface area contributed by atoms with Crippen LogP contribution in [0.5, 0.6) is 0 Å². The molecule has 0 aliphatic heterocycles. The highest BCUT2D eigenvalue weighted by atomic mass is 35.5. The van der Waals surface area contributed by atoms with Crippen molar-refractivity contribution in [1.29, 1.82) is 0 Å². The van der Waals surface area contributed by atoms with Crippen molar-refractivity contribution < 1.29 is 13.5 Å². The average molecular weight is 313 g/mol. The molecule has 1 rings (SSSR count). The minimum absolute atomic E-state index is 0.121. The van der Waals surface area contributed by atoms with Gasteiger partial charge in [-0.15, -0.1) is 0 Å². The minimum Gasteiger partial charge on any atom is -0.396 e. The number of thiazole rings is 1. The molecule has 2 N–H and O–H groups in total. The van der Waals surface area contributed by atoms with Gasteiger partial charge in [-0.2, -0.15) is 0 Å². The number of hydrogen-bond donors (Lipinski definition) is 2. The van der Waals surface area contributed by atoms with E-state index in [1.807, 2.05) is 6.92 Å². The number of aliphatic hydroxyl groups is 1. The average Bonchev–Trinajstić information content (AvgIpc) is 2.64. The van der Waals surface area contributed by atoms with Gasteiger partial charge in [0.15, 0.2) is 8.68 Å². The van der Waals surface area contributed by atoms with Gasteiger partial charge in [0.2, 0.25) is 0 Å². The third-order valence-corrected chi connectivity index (χ3v) is 5.78. The molecule has 0 saturated heterocycles. The fourth-order valence-electron chi connectivity index (χ4n) is 1.41. The Bertz CT molecular complexity index is 487. The Morgan fingerprint density at radius 3 is 2.72 bits per heavy atom. The Balaban J connectivity index is 2.53. The lowest BCUT2D eigenvalue weighted by Crippen LogP contribution is -2.25. The van der Waals surface area contributed by atoms with Gasteiger partial charge in [0, 0.05) is 13.2 Å². The van der Waals surface area contributed by atoms with E-state index in [-0.39, 0.29) is 21.2 Å². The van der Waals surface area contributed by atoms with Crippen molar-refractivity contribution in [3.63, 3.8) is 0 Å². The quantitative estimate of drug-likeness (QED) is 0.752. The van der Waals surface area contributed by atoms with Crippen LogP contribution >= 0.6 is 22.9 Å². The minimum atomic E-state index is -3.52. The molecule has 0 bridgehead atoms. The maximum atomic E-state index is 11.9. The van der Waals surface area contributed by atoms with E-state index in [9.17, 15) is 8.42 Å². The Kier molecular flexibility index (Phi) is 6.00. The highest BCUT2D eigenvalue weighted by Crippen LogP contribution is 2.26. The van der Waals surface area contributed by atoms with Crippen molar-refractivity contribution in [1.82, 2.24) is 9.71 Å². The van der Waals surface area contributed by atoms with E-state index in [2.05, 4.69) is 9.71 Å². The smallest absolute Gasteiger partial charge is 0.251 e. The summed E-state index contributed by atoms with van der Waals surface area (Å²) in [5.41, 5.74) is 0.418. The number of hydrogen-bond acceptors (Lipinski definition) is 5. The Labute approximate surface area is 116 Å². The van der Waals surface area contributed by atoms with Crippen LogP contribution in [-0.4, -0.2) is 31.7 Å². The Morgan fingerprint density at radius 1 is 1.56 bits per heavy atom. The second kappa shape index (κ2) is 6.81. The fourth-order valence-corrected chi connectivity index (χ4v) is 4.27. The van der Waals surface area contributed by atoms with Crippen LogP contribution in [0.1, 0.15) is 25.5 Å². The lowest BCUT2D eigenvalue weighted by Gasteiger charge is -2.08. The van der Waals surface area contributed by atoms with E-state index in [1.165, 1.54) is 0 Å². The monoisotopic (exact) mass is 312 g/mol. The van der Waals surface area contributed by atoms with Crippen molar-refractivity contribution in [2.24, 2.45) is 5.92 Å². The predicted molar refractivity (Wildman–Crippen MR) is 72.5 cm³/mol. The number of halogens is 1. The highest BCUT2D eigenvalue weighted by molar-refractivity contribution is 7.91. The van der Waals surface area contributed by atoms with E-state index < -0.39 is 10.0 Å². The fraction of sp³-hybridized carbons (Fsp3) is 0.700. The molecule has 8 heteroatoms. The summed E-state index contributed by atoms with van der Waals surface area (Å²) in [7, 11) is -3.52. The van der Waals surface area contributed by atoms with Gasteiger partial charge in [-0.3, -0.25) is 0 Å². The van der Waals surface area contributed by atoms with Gasteiger partial charge in [0.1, 0.15) is 0 Å². The maximum absolute atomic E-state index is 11.9. The molecule has 0 amide bonds. The molecule has 1 atom stereocenters. The molecule has 18 heavy (non-hydrogen) atoms. The van der Waals surface area contributed by atoms with Crippen LogP contribution in [0.3, 0.4) is 0 Å². The molecule has 0 fully saturated rings. The van der Waals surface area contributed by atoms with Crippen LogP contribution in [0.4, 0.5) is 0 Å². The van der Waals surface area contributed by atoms with Gasteiger partial charge in [-0.25, -0.2) is 18.1 Å². The molecule has 1 aromatic rings. The third-order valence-electron chi connectivity index (χ3n) is 2.45. The molecule has 0 radical (unpaired) electrons. The SMILES string of the molecule is Cc1nc(Cl)sc1S(=O)(=O)NCCCC(C)CO. The normalized spacial score (nSPS) is 13.8. The zero-order valence-electron chi connectivity index (χ0n) is 10.3. The molecule has 104 valence electrons. The van der Waals surface area contributed by atoms with Gasteiger partial charge in [-0.05, 0) is 25.7 Å². The first-order chi connectivity index (χ1) is 8.36. The van der Waals surface area contributed by atoms with Gasteiger partial charge in [0.05, 0.1) is 5.69 Å². The van der Waals surface area contributed by atoms with Crippen molar-refractivity contribution in [2.75, 3.05) is 13.2 Å². The van der Waals surface area contributed by atoms with Gasteiger partial charge in [0.25, 0.3) is 10.0 Å². The Morgan fingerprint density at radius 2 is 2.22 bits per heavy atom. The summed E-state index contributed by atoms with van der Waals surface area (Å²) in [6, 6.07) is 0. The molecule has 0 saturated carbocycles. The predicted octanol–water partition coefficient (Wildman–Crippen LogP) is 1.79. The molecule has 1 unspecified atom stereocenters. The number of aromatic nitrogens is 1. The van der Waals surface area contributed by atoms with Crippen molar-refractivity contribution in [3.05, 3.63) is 10.2 Å². The second-order valence-corrected chi connectivity index (χ2v) is 7.71. The van der Waals surface area contributed by atoms with Crippen LogP contribution in [0, 0.1) is 12.8 Å². The largest absolute Gasteiger partial charge is 0.396 e. The zero-order valence-corrected chi connectivity index (χ0v) is 12.7. The first kappa shape index (κ1) is 15.8. The van der Waals surface area contributed by atoms with Gasteiger partial charge >= 0.3 is 0 Å². The number of aliphatic hydroxyl groups excluding tert-OH is 1. The van der Waals surface area contributed by atoms with Crippen LogP contribution in [0.15, 0.2) is 4.21 Å². The summed E-state index contributed by atoms with van der Waals surface area (Å²) in [5, 5.41) is 8.85. The molecule has 1 aromatic heterocycles. The summed E-state index contributed by atoms with van der Waals surface area (Å²) < 4.78 is 26.8. The van der Waals surface area contributed by atoms with Crippen molar-refractivity contribution in [2.45, 2.75) is 30.9 Å². The van der Waals surface area contributed by atoms with Crippen LogP contribution in [-0.2, 0) is 10.0 Å². The van der Waals surface area contributed by atoms with Crippen LogP contribution in [0.25, 0.3) is 0 Å². The van der Waals surface area contributed by atoms with Crippen molar-refractivity contribution >= 4 is 33.0 Å². The highest BCUT2D eigenvalue weighted by Gasteiger charge is 2.20. The lowest BCUT2D eigenvalue weighted by molar-refractivity contribution is 0.228. The lowest BCUT2D eigenvalue weighted by atomic mass is 10.1. The Hall–Kier alpha value is -0.210. The standard InChI is InChI=1S/C10H17ClN2O3S2/c1-7(6-14)4-3-5-12-18(15,16)9-8(2)13-10(11)17-9/h7,12,14H,3-6H2,1-2H3. The number of nitrogens with one attached hydrogen (secondary N) is 1. The van der Waals surface area contributed by atoms with E-state index in [0.29, 0.717) is 18.7 Å². The summed E-state index contributed by atoms with van der Waals surface area (Å²) in [6.07, 6.45) is 1.47. The molecule has 1 heterocycles. The summed E-state index contributed by atoms with van der Waals surface area (Å²) in [6.45, 7) is 4.00. The van der Waals surface area contributed by atoms with E-state index in [0.717, 1.165) is 17.8 Å². The number of rotatable bonds is 7. The van der Waals surface area contributed by atoms with Gasteiger partial charge in [-0.1, -0.05) is 29.9 Å². The van der Waals surface area contributed by atoms with E-state index in [1.54, 1.807) is 6.92 Å². The second-order valence-electron chi connectivity index (χ2n) is 4.17. The molecule has 5 nitrogen and oxygen atoms in total.